The number of H-pyrrole nitrogens is 1. The number of rotatable bonds is 12. The van der Waals surface area contributed by atoms with Gasteiger partial charge in [-0.3, -0.25) is 4.57 Å². The molecular weight excluding hydrogens is 400 g/mol. The van der Waals surface area contributed by atoms with Crippen LogP contribution in [0.3, 0.4) is 0 Å². The van der Waals surface area contributed by atoms with E-state index < -0.39 is 0 Å². The Morgan fingerprint density at radius 3 is 2.87 bits per heavy atom. The number of anilines is 2. The zero-order valence-electron chi connectivity index (χ0n) is 18.0. The number of aromatic nitrogens is 5. The van der Waals surface area contributed by atoms with Crippen molar-refractivity contribution in [1.82, 2.24) is 29.4 Å². The predicted octanol–water partition coefficient (Wildman–Crippen LogP) is 0.660. The third kappa shape index (κ3) is 5.92. The Balaban J connectivity index is 1.70. The number of likely N-dealkylation sites (N-methyl/N-ethyl adjacent to an activating group) is 1. The van der Waals surface area contributed by atoms with E-state index in [0.717, 1.165) is 24.9 Å². The molecule has 0 amide bonds. The molecule has 3 rings (SSSR count). The fourth-order valence-corrected chi connectivity index (χ4v) is 3.02. The molecule has 0 aliphatic rings. The number of nitrogens with zero attached hydrogens (tertiary/aromatic N) is 5. The van der Waals surface area contributed by atoms with Crippen LogP contribution in [0.2, 0.25) is 0 Å². The number of unbranched alkanes of at least 4 members (excludes halogenated alkanes) is 1. The number of nitrogens with two attached hydrogens (primary N) is 1. The van der Waals surface area contributed by atoms with Crippen molar-refractivity contribution in [3.05, 3.63) is 34.4 Å². The standard InChI is InChI=1S/C20H30N8O3/c1-3-4-7-22-19-25-17(21)16-18(26-19)28(20(30)24-16)13-14-5-6-15(23-12-14)31-11-9-27(2)8-10-29/h5-6,12,29H,3-4,7-11,13H2,1-2H3,(H,24,30)(H3,21,22,25,26). The van der Waals surface area contributed by atoms with Gasteiger partial charge in [-0.1, -0.05) is 19.4 Å². The second kappa shape index (κ2) is 10.7. The van der Waals surface area contributed by atoms with Crippen LogP contribution >= 0.6 is 0 Å². The van der Waals surface area contributed by atoms with E-state index in [2.05, 4.69) is 32.2 Å². The van der Waals surface area contributed by atoms with Crippen molar-refractivity contribution < 1.29 is 9.84 Å². The van der Waals surface area contributed by atoms with Gasteiger partial charge in [0.05, 0.1) is 13.2 Å². The zero-order valence-corrected chi connectivity index (χ0v) is 18.0. The second-order valence-electron chi connectivity index (χ2n) is 7.31. The molecule has 31 heavy (non-hydrogen) atoms. The first-order valence-electron chi connectivity index (χ1n) is 10.4. The molecule has 3 aromatic heterocycles. The molecule has 0 unspecified atom stereocenters. The molecule has 3 heterocycles. The van der Waals surface area contributed by atoms with E-state index in [1.54, 1.807) is 12.3 Å². The van der Waals surface area contributed by atoms with Crippen molar-refractivity contribution in [1.29, 1.82) is 0 Å². The highest BCUT2D eigenvalue weighted by Gasteiger charge is 2.14. The summed E-state index contributed by atoms with van der Waals surface area (Å²) in [6.07, 6.45) is 3.70. The van der Waals surface area contributed by atoms with Crippen molar-refractivity contribution in [2.75, 3.05) is 50.9 Å². The molecule has 0 saturated heterocycles. The fraction of sp³-hybridized carbons (Fsp3) is 0.500. The summed E-state index contributed by atoms with van der Waals surface area (Å²) in [5.74, 6) is 1.13. The fourth-order valence-electron chi connectivity index (χ4n) is 3.02. The molecule has 0 fully saturated rings. The predicted molar refractivity (Wildman–Crippen MR) is 119 cm³/mol. The Morgan fingerprint density at radius 2 is 2.16 bits per heavy atom. The highest BCUT2D eigenvalue weighted by atomic mass is 16.5. The summed E-state index contributed by atoms with van der Waals surface area (Å²) >= 11 is 0. The molecule has 5 N–H and O–H groups in total. The Kier molecular flexibility index (Phi) is 7.79. The molecular formula is C20H30N8O3. The van der Waals surface area contributed by atoms with E-state index in [1.165, 1.54) is 4.57 Å². The molecule has 0 spiro atoms. The van der Waals surface area contributed by atoms with E-state index in [9.17, 15) is 4.79 Å². The smallest absolute Gasteiger partial charge is 0.328 e. The first-order chi connectivity index (χ1) is 15.0. The number of pyridine rings is 1. The number of nitrogens with one attached hydrogen (secondary N) is 2. The lowest BCUT2D eigenvalue weighted by Crippen LogP contribution is -2.27. The highest BCUT2D eigenvalue weighted by molar-refractivity contribution is 5.82. The van der Waals surface area contributed by atoms with Crippen LogP contribution < -0.4 is 21.5 Å². The average Bonchev–Trinajstić information content (AvgIpc) is 3.06. The molecule has 0 aliphatic carbocycles. The summed E-state index contributed by atoms with van der Waals surface area (Å²) in [5.41, 5.74) is 7.41. The maximum atomic E-state index is 12.5. The van der Waals surface area contributed by atoms with Gasteiger partial charge in [0.1, 0.15) is 12.1 Å². The van der Waals surface area contributed by atoms with Crippen LogP contribution in [0.1, 0.15) is 25.3 Å². The van der Waals surface area contributed by atoms with Gasteiger partial charge in [0.25, 0.3) is 0 Å². The topological polar surface area (TPSA) is 147 Å². The number of imidazole rings is 1. The van der Waals surface area contributed by atoms with Crippen LogP contribution in [0, 0.1) is 0 Å². The molecule has 11 heteroatoms. The molecule has 168 valence electrons. The van der Waals surface area contributed by atoms with Crippen LogP contribution in [0.25, 0.3) is 11.2 Å². The first kappa shape index (κ1) is 22.5. The third-order valence-corrected chi connectivity index (χ3v) is 4.81. The molecule has 0 atom stereocenters. The first-order valence-corrected chi connectivity index (χ1v) is 10.4. The van der Waals surface area contributed by atoms with Crippen LogP contribution in [0.15, 0.2) is 23.1 Å². The molecule has 0 saturated carbocycles. The minimum absolute atomic E-state index is 0.115. The Morgan fingerprint density at radius 1 is 1.32 bits per heavy atom. The van der Waals surface area contributed by atoms with Gasteiger partial charge in [-0.15, -0.1) is 0 Å². The lowest BCUT2D eigenvalue weighted by molar-refractivity contribution is 0.190. The molecule has 0 bridgehead atoms. The zero-order chi connectivity index (χ0) is 22.2. The van der Waals surface area contributed by atoms with E-state index in [0.29, 0.717) is 42.7 Å². The van der Waals surface area contributed by atoms with Gasteiger partial charge in [0.2, 0.25) is 11.8 Å². The van der Waals surface area contributed by atoms with Gasteiger partial charge in [-0.05, 0) is 19.0 Å². The lowest BCUT2D eigenvalue weighted by Gasteiger charge is -2.15. The average molecular weight is 431 g/mol. The van der Waals surface area contributed by atoms with Crippen molar-refractivity contribution >= 4 is 22.9 Å². The van der Waals surface area contributed by atoms with Crippen molar-refractivity contribution in [3.8, 4) is 5.88 Å². The Labute approximate surface area is 180 Å². The van der Waals surface area contributed by atoms with E-state index in [1.807, 2.05) is 18.0 Å². The number of nitrogen functional groups attached to an aromatic ring is 1. The van der Waals surface area contributed by atoms with Crippen LogP contribution in [-0.2, 0) is 6.54 Å². The highest BCUT2D eigenvalue weighted by Crippen LogP contribution is 2.18. The van der Waals surface area contributed by atoms with Crippen molar-refractivity contribution in [3.63, 3.8) is 0 Å². The monoisotopic (exact) mass is 430 g/mol. The summed E-state index contributed by atoms with van der Waals surface area (Å²) in [6, 6.07) is 3.62. The minimum atomic E-state index is -0.311. The van der Waals surface area contributed by atoms with Gasteiger partial charge in [-0.2, -0.15) is 9.97 Å². The van der Waals surface area contributed by atoms with Crippen molar-refractivity contribution in [2.45, 2.75) is 26.3 Å². The second-order valence-corrected chi connectivity index (χ2v) is 7.31. The number of aromatic amines is 1. The van der Waals surface area contributed by atoms with Gasteiger partial charge in [0, 0.05) is 31.9 Å². The Bertz CT molecular complexity index is 1030. The maximum Gasteiger partial charge on any atom is 0.328 e. The quantitative estimate of drug-likeness (QED) is 0.304. The summed E-state index contributed by atoms with van der Waals surface area (Å²) in [5, 5.41) is 12.1. The molecule has 3 aromatic rings. The van der Waals surface area contributed by atoms with Crippen LogP contribution in [0.5, 0.6) is 5.88 Å². The van der Waals surface area contributed by atoms with Crippen LogP contribution in [-0.4, -0.2) is 74.4 Å². The maximum absolute atomic E-state index is 12.5. The van der Waals surface area contributed by atoms with Crippen molar-refractivity contribution in [2.24, 2.45) is 0 Å². The number of aliphatic hydroxyl groups is 1. The van der Waals surface area contributed by atoms with Gasteiger partial charge < -0.3 is 30.8 Å². The van der Waals surface area contributed by atoms with Gasteiger partial charge >= 0.3 is 5.69 Å². The molecule has 0 aliphatic heterocycles. The SMILES string of the molecule is CCCCNc1nc(N)c2[nH]c(=O)n(Cc3ccc(OCCN(C)CCO)nc3)c2n1. The summed E-state index contributed by atoms with van der Waals surface area (Å²) < 4.78 is 7.14. The lowest BCUT2D eigenvalue weighted by atomic mass is 10.3. The van der Waals surface area contributed by atoms with E-state index in [-0.39, 0.29) is 24.7 Å². The Hall–Kier alpha value is -3.18. The number of hydrogen-bond acceptors (Lipinski definition) is 9. The largest absolute Gasteiger partial charge is 0.476 e. The van der Waals surface area contributed by atoms with Crippen LogP contribution in [0.4, 0.5) is 11.8 Å². The van der Waals surface area contributed by atoms with Gasteiger partial charge in [-0.25, -0.2) is 9.78 Å². The number of hydrogen-bond donors (Lipinski definition) is 4. The molecule has 11 nitrogen and oxygen atoms in total. The normalized spacial score (nSPS) is 11.4. The van der Waals surface area contributed by atoms with E-state index in [4.69, 9.17) is 15.6 Å². The summed E-state index contributed by atoms with van der Waals surface area (Å²) in [7, 11) is 1.91. The number of ether oxygens (including phenoxy) is 1. The molecule has 0 radical (unpaired) electrons. The third-order valence-electron chi connectivity index (χ3n) is 4.81. The minimum Gasteiger partial charge on any atom is -0.476 e. The van der Waals surface area contributed by atoms with E-state index >= 15 is 0 Å². The summed E-state index contributed by atoms with van der Waals surface area (Å²) in [6.45, 7) is 4.99. The number of aliphatic hydroxyl groups excluding tert-OH is 1. The number of fused-ring (bicyclic) bond motifs is 1. The molecule has 0 aromatic carbocycles. The van der Waals surface area contributed by atoms with Gasteiger partial charge in [0.15, 0.2) is 11.5 Å². The summed E-state index contributed by atoms with van der Waals surface area (Å²) in [4.78, 5) is 30.2.